The van der Waals surface area contributed by atoms with Crippen LogP contribution in [0.4, 0.5) is 4.39 Å². The second-order valence-corrected chi connectivity index (χ2v) is 2.44. The number of hydrogen-bond donors (Lipinski definition) is 3. The second kappa shape index (κ2) is 6.12. The first kappa shape index (κ1) is 13.6. The van der Waals surface area contributed by atoms with Crippen LogP contribution in [0.1, 0.15) is 20.7 Å². The van der Waals surface area contributed by atoms with E-state index >= 15 is 0 Å². The summed E-state index contributed by atoms with van der Waals surface area (Å²) in [6.45, 7) is -0.250. The van der Waals surface area contributed by atoms with Gasteiger partial charge in [-0.2, -0.15) is 0 Å². The van der Waals surface area contributed by atoms with Gasteiger partial charge in [0.15, 0.2) is 0 Å². The van der Waals surface area contributed by atoms with Crippen LogP contribution in [0.15, 0.2) is 18.2 Å². The Kier molecular flexibility index (Phi) is 5.19. The third-order valence-corrected chi connectivity index (χ3v) is 1.39. The number of aromatic carboxylic acids is 2. The number of carbonyl (C=O) groups is 3. The molecule has 0 spiro atoms. The quantitative estimate of drug-likeness (QED) is 0.651. The predicted molar refractivity (Wildman–Crippen MR) is 49.0 cm³/mol. The van der Waals surface area contributed by atoms with Crippen LogP contribution in [0.2, 0.25) is 0 Å². The molecule has 0 aliphatic carbocycles. The average Bonchev–Trinajstić information content (AvgIpc) is 2.17. The zero-order valence-corrected chi connectivity index (χ0v) is 7.75. The minimum absolute atomic E-state index is 0.250. The molecule has 0 bridgehead atoms. The SMILES string of the molecule is O=C(O)c1cc(F)cc(C(=O)O)c1.O=CO. The molecule has 1 rings (SSSR count). The van der Waals surface area contributed by atoms with Crippen molar-refractivity contribution in [3.63, 3.8) is 0 Å². The van der Waals surface area contributed by atoms with E-state index in [9.17, 15) is 14.0 Å². The highest BCUT2D eigenvalue weighted by atomic mass is 19.1. The van der Waals surface area contributed by atoms with Gasteiger partial charge in [-0.3, -0.25) is 4.79 Å². The minimum atomic E-state index is -1.36. The maximum atomic E-state index is 12.6. The zero-order valence-electron chi connectivity index (χ0n) is 7.75. The van der Waals surface area contributed by atoms with Crippen molar-refractivity contribution >= 4 is 18.4 Å². The molecular formula is C9H7FO6. The minimum Gasteiger partial charge on any atom is -0.483 e. The molecule has 0 unspecified atom stereocenters. The van der Waals surface area contributed by atoms with Crippen molar-refractivity contribution in [3.8, 4) is 0 Å². The fourth-order valence-corrected chi connectivity index (χ4v) is 0.837. The normalized spacial score (nSPS) is 8.56. The van der Waals surface area contributed by atoms with E-state index in [0.29, 0.717) is 0 Å². The van der Waals surface area contributed by atoms with Gasteiger partial charge < -0.3 is 15.3 Å². The summed E-state index contributed by atoms with van der Waals surface area (Å²) in [6.07, 6.45) is 0. The third kappa shape index (κ3) is 4.18. The summed E-state index contributed by atoms with van der Waals surface area (Å²) < 4.78 is 12.6. The first-order valence-corrected chi connectivity index (χ1v) is 3.77. The lowest BCUT2D eigenvalue weighted by Crippen LogP contribution is -2.03. The monoisotopic (exact) mass is 230 g/mol. The summed E-state index contributed by atoms with van der Waals surface area (Å²) in [5.74, 6) is -3.60. The highest BCUT2D eigenvalue weighted by Gasteiger charge is 2.10. The van der Waals surface area contributed by atoms with Crippen molar-refractivity contribution in [3.05, 3.63) is 35.1 Å². The van der Waals surface area contributed by atoms with Gasteiger partial charge in [-0.15, -0.1) is 0 Å². The zero-order chi connectivity index (χ0) is 12.7. The molecule has 0 heterocycles. The number of carboxylic acid groups (broad SMARTS) is 3. The number of hydrogen-bond acceptors (Lipinski definition) is 3. The molecule has 6 nitrogen and oxygen atoms in total. The van der Waals surface area contributed by atoms with E-state index in [1.54, 1.807) is 0 Å². The van der Waals surface area contributed by atoms with E-state index in [0.717, 1.165) is 18.2 Å². The van der Waals surface area contributed by atoms with Crippen LogP contribution in [-0.2, 0) is 4.79 Å². The van der Waals surface area contributed by atoms with Crippen LogP contribution >= 0.6 is 0 Å². The lowest BCUT2D eigenvalue weighted by molar-refractivity contribution is -0.122. The maximum Gasteiger partial charge on any atom is 0.335 e. The molecule has 0 aliphatic rings. The van der Waals surface area contributed by atoms with Gasteiger partial charge in [0.05, 0.1) is 11.1 Å². The van der Waals surface area contributed by atoms with Crippen molar-refractivity contribution in [1.29, 1.82) is 0 Å². The molecule has 1 aromatic rings. The highest BCUT2D eigenvalue weighted by molar-refractivity contribution is 5.93. The molecule has 3 N–H and O–H groups in total. The van der Waals surface area contributed by atoms with Gasteiger partial charge in [-0.1, -0.05) is 0 Å². The molecular weight excluding hydrogens is 223 g/mol. The van der Waals surface area contributed by atoms with Gasteiger partial charge in [0, 0.05) is 0 Å². The molecule has 86 valence electrons. The topological polar surface area (TPSA) is 112 Å². The molecule has 0 fully saturated rings. The Labute approximate surface area is 88.6 Å². The van der Waals surface area contributed by atoms with Crippen molar-refractivity contribution in [2.75, 3.05) is 0 Å². The van der Waals surface area contributed by atoms with Gasteiger partial charge in [-0.05, 0) is 18.2 Å². The van der Waals surface area contributed by atoms with Crippen molar-refractivity contribution < 1.29 is 34.1 Å². The van der Waals surface area contributed by atoms with Crippen LogP contribution < -0.4 is 0 Å². The molecule has 0 aromatic heterocycles. The van der Waals surface area contributed by atoms with Crippen LogP contribution in [0, 0.1) is 5.82 Å². The Balaban J connectivity index is 0.000000673. The number of benzene rings is 1. The smallest absolute Gasteiger partial charge is 0.335 e. The fourth-order valence-electron chi connectivity index (χ4n) is 0.837. The first-order valence-electron chi connectivity index (χ1n) is 3.77. The van der Waals surface area contributed by atoms with E-state index in [1.807, 2.05) is 0 Å². The molecule has 0 saturated heterocycles. The predicted octanol–water partition coefficient (Wildman–Crippen LogP) is 0.923. The van der Waals surface area contributed by atoms with E-state index in [4.69, 9.17) is 20.1 Å². The molecule has 0 radical (unpaired) electrons. The summed E-state index contributed by atoms with van der Waals surface area (Å²) in [6, 6.07) is 2.41. The molecule has 0 amide bonds. The van der Waals surface area contributed by atoms with E-state index in [-0.39, 0.29) is 17.6 Å². The summed E-state index contributed by atoms with van der Waals surface area (Å²) in [5, 5.41) is 23.8. The van der Waals surface area contributed by atoms with E-state index < -0.39 is 17.8 Å². The molecule has 7 heteroatoms. The molecule has 1 aromatic carbocycles. The summed E-state index contributed by atoms with van der Waals surface area (Å²) in [4.78, 5) is 29.1. The van der Waals surface area contributed by atoms with Gasteiger partial charge >= 0.3 is 11.9 Å². The Hall–Kier alpha value is -2.44. The van der Waals surface area contributed by atoms with E-state index in [1.165, 1.54) is 0 Å². The van der Waals surface area contributed by atoms with Crippen LogP contribution in [0.25, 0.3) is 0 Å². The largest absolute Gasteiger partial charge is 0.483 e. The summed E-state index contributed by atoms with van der Waals surface area (Å²) in [5.41, 5.74) is -0.755. The highest BCUT2D eigenvalue weighted by Crippen LogP contribution is 2.09. The Morgan fingerprint density at radius 3 is 1.62 bits per heavy atom. The molecule has 0 atom stereocenters. The van der Waals surface area contributed by atoms with E-state index in [2.05, 4.69) is 0 Å². The van der Waals surface area contributed by atoms with Crippen molar-refractivity contribution in [2.24, 2.45) is 0 Å². The van der Waals surface area contributed by atoms with Gasteiger partial charge in [0.2, 0.25) is 0 Å². The van der Waals surface area contributed by atoms with Crippen LogP contribution in [-0.4, -0.2) is 33.7 Å². The van der Waals surface area contributed by atoms with Gasteiger partial charge in [0.1, 0.15) is 5.82 Å². The number of carboxylic acids is 2. The third-order valence-electron chi connectivity index (χ3n) is 1.39. The van der Waals surface area contributed by atoms with Crippen molar-refractivity contribution in [2.45, 2.75) is 0 Å². The Morgan fingerprint density at radius 1 is 1.06 bits per heavy atom. The van der Waals surface area contributed by atoms with Crippen LogP contribution in [0.3, 0.4) is 0 Å². The van der Waals surface area contributed by atoms with Gasteiger partial charge in [-0.25, -0.2) is 14.0 Å². The maximum absolute atomic E-state index is 12.6. The Bertz CT molecular complexity index is 382. The second-order valence-electron chi connectivity index (χ2n) is 2.44. The Morgan fingerprint density at radius 2 is 1.38 bits per heavy atom. The first-order chi connectivity index (χ1) is 7.42. The lowest BCUT2D eigenvalue weighted by atomic mass is 10.1. The molecule has 0 saturated carbocycles. The molecule has 16 heavy (non-hydrogen) atoms. The summed E-state index contributed by atoms with van der Waals surface area (Å²) >= 11 is 0. The standard InChI is InChI=1S/C8H5FO4.CH2O2/c9-6-2-4(7(10)11)1-5(3-6)8(12)13;2-1-3/h1-3H,(H,10,11)(H,12,13);1H,(H,2,3). The number of halogens is 1. The fraction of sp³-hybridized carbons (Fsp3) is 0. The number of rotatable bonds is 2. The lowest BCUT2D eigenvalue weighted by Gasteiger charge is -1.97. The average molecular weight is 230 g/mol. The van der Waals surface area contributed by atoms with Crippen LogP contribution in [0.5, 0.6) is 0 Å². The van der Waals surface area contributed by atoms with Crippen molar-refractivity contribution in [1.82, 2.24) is 0 Å². The molecule has 0 aliphatic heterocycles. The van der Waals surface area contributed by atoms with Gasteiger partial charge in [0.25, 0.3) is 6.47 Å². The summed E-state index contributed by atoms with van der Waals surface area (Å²) in [7, 11) is 0.